The first kappa shape index (κ1) is 60.4. The first-order valence-electron chi connectivity index (χ1n) is 23.3. The Morgan fingerprint density at radius 3 is 1.10 bits per heavy atom. The summed E-state index contributed by atoms with van der Waals surface area (Å²) in [5.41, 5.74) is 6.81. The third-order valence-electron chi connectivity index (χ3n) is 12.0. The molecule has 0 aromatic heterocycles. The zero-order valence-corrected chi connectivity index (χ0v) is 46.0. The number of phenols is 2. The molecule has 5 rings (SSSR count). The molecule has 1 aliphatic carbocycles. The van der Waals surface area contributed by atoms with E-state index in [1.54, 1.807) is 13.8 Å². The summed E-state index contributed by atoms with van der Waals surface area (Å²) in [5, 5.41) is 41.1. The molecule has 1 aliphatic rings. The van der Waals surface area contributed by atoms with Gasteiger partial charge < -0.3 is 20.4 Å². The molecule has 0 amide bonds. The van der Waals surface area contributed by atoms with E-state index in [-0.39, 0.29) is 50.5 Å². The number of aliphatic imine (C=N–C) groups is 2. The Morgan fingerprint density at radius 2 is 0.845 bits per heavy atom. The molecule has 1 fully saturated rings. The number of carbonyl (C=O) groups is 2. The minimum absolute atomic E-state index is 0. The number of nitrogens with zero attached hydrogens (tertiary/aromatic N) is 2. The molecule has 0 aliphatic heterocycles. The van der Waals surface area contributed by atoms with Crippen molar-refractivity contribution in [3.63, 3.8) is 0 Å². The smallest absolute Gasteiger partial charge is 0.337 e. The summed E-state index contributed by atoms with van der Waals surface area (Å²) in [6.45, 7) is 29.4. The molecule has 71 heavy (non-hydrogen) atoms. The summed E-state index contributed by atoms with van der Waals surface area (Å²) in [6, 6.07) is 18.7. The van der Waals surface area contributed by atoms with Crippen molar-refractivity contribution in [3.8, 4) is 11.5 Å². The van der Waals surface area contributed by atoms with Gasteiger partial charge in [-0.05, 0) is 95.9 Å². The van der Waals surface area contributed by atoms with Gasteiger partial charge in [0, 0.05) is 51.5 Å². The molecule has 0 spiro atoms. The third kappa shape index (κ3) is 16.3. The average Bonchev–Trinajstić information content (AvgIpc) is 3.23. The van der Waals surface area contributed by atoms with Crippen LogP contribution < -0.4 is 0 Å². The SMILES string of the molecule is CC(C)(C)c1cc(C=N[C@@H]2CCCC[C@H]2N=Cc2cc(C(C)(C)C)cc(C(C)(C)C)c2O)c(O)c(C(C)(C)C)c1.Cc1ccc(S(=O)(=O)O[C@@H](C(=O)O)[C@@H](OS(=O)(=O)c2ccc(C)cc2)C(=O)O)cc1.[Co]. The van der Waals surface area contributed by atoms with Crippen LogP contribution in [0.3, 0.4) is 0 Å². The summed E-state index contributed by atoms with van der Waals surface area (Å²) >= 11 is 0. The van der Waals surface area contributed by atoms with E-state index in [4.69, 9.17) is 9.98 Å². The van der Waals surface area contributed by atoms with Gasteiger partial charge in [0.1, 0.15) is 11.5 Å². The number of aromatic hydroxyl groups is 2. The molecule has 14 nitrogen and oxygen atoms in total. The summed E-state index contributed by atoms with van der Waals surface area (Å²) in [7, 11) is -9.49. The van der Waals surface area contributed by atoms with Gasteiger partial charge in [-0.2, -0.15) is 16.8 Å². The zero-order valence-electron chi connectivity index (χ0n) is 43.3. The van der Waals surface area contributed by atoms with Crippen LogP contribution in [0.25, 0.3) is 0 Å². The largest absolute Gasteiger partial charge is 0.507 e. The van der Waals surface area contributed by atoms with Crippen LogP contribution in [0.5, 0.6) is 11.5 Å². The minimum atomic E-state index is -4.74. The maximum Gasteiger partial charge on any atom is 0.337 e. The Balaban J connectivity index is 0.000000385. The first-order valence-corrected chi connectivity index (χ1v) is 26.1. The summed E-state index contributed by atoms with van der Waals surface area (Å²) in [6.07, 6.45) is 2.56. The molecule has 0 unspecified atom stereocenters. The molecular formula is C54H72CoN2O12S2. The van der Waals surface area contributed by atoms with Gasteiger partial charge in [0.2, 0.25) is 12.2 Å². The molecular weight excluding hydrogens is 992 g/mol. The fourth-order valence-corrected chi connectivity index (χ4v) is 9.62. The number of carboxylic acids is 2. The van der Waals surface area contributed by atoms with Crippen molar-refractivity contribution in [2.24, 2.45) is 9.98 Å². The Bertz CT molecular complexity index is 2600. The van der Waals surface area contributed by atoms with E-state index >= 15 is 0 Å². The molecule has 1 saturated carbocycles. The van der Waals surface area contributed by atoms with Gasteiger partial charge in [-0.25, -0.2) is 18.0 Å². The molecule has 4 N–H and O–H groups in total. The van der Waals surface area contributed by atoms with Crippen molar-refractivity contribution in [2.75, 3.05) is 0 Å². The average molecular weight is 1060 g/mol. The van der Waals surface area contributed by atoms with Crippen LogP contribution in [-0.2, 0) is 76.6 Å². The van der Waals surface area contributed by atoms with Gasteiger partial charge in [-0.3, -0.25) is 9.98 Å². The topological polar surface area (TPSA) is 227 Å². The molecule has 4 aromatic carbocycles. The van der Waals surface area contributed by atoms with E-state index < -0.39 is 54.2 Å². The summed E-state index contributed by atoms with van der Waals surface area (Å²) in [4.78, 5) is 32.3. The maximum absolute atomic E-state index is 12.4. The molecule has 0 bridgehead atoms. The second-order valence-corrected chi connectivity index (χ2v) is 25.3. The van der Waals surface area contributed by atoms with Gasteiger partial charge in [0.05, 0.1) is 21.9 Å². The van der Waals surface area contributed by atoms with Gasteiger partial charge in [-0.15, -0.1) is 0 Å². The number of benzene rings is 4. The van der Waals surface area contributed by atoms with Crippen LogP contribution in [0.4, 0.5) is 0 Å². The Kier molecular flexibility index (Phi) is 19.8. The second-order valence-electron chi connectivity index (χ2n) is 22.1. The van der Waals surface area contributed by atoms with Gasteiger partial charge in [0.15, 0.2) is 0 Å². The zero-order chi connectivity index (χ0) is 52.9. The predicted octanol–water partition coefficient (Wildman–Crippen LogP) is 10.5. The molecule has 4 aromatic rings. The molecule has 0 heterocycles. The predicted molar refractivity (Wildman–Crippen MR) is 274 cm³/mol. The summed E-state index contributed by atoms with van der Waals surface area (Å²) < 4.78 is 58.6. The normalized spacial score (nSPS) is 17.0. The summed E-state index contributed by atoms with van der Waals surface area (Å²) in [5.74, 6) is -3.45. The van der Waals surface area contributed by atoms with Crippen LogP contribution in [0.15, 0.2) is 92.6 Å². The van der Waals surface area contributed by atoms with E-state index in [0.29, 0.717) is 22.6 Å². The van der Waals surface area contributed by atoms with Gasteiger partial charge in [-0.1, -0.05) is 143 Å². The van der Waals surface area contributed by atoms with Crippen molar-refractivity contribution in [2.45, 2.75) is 178 Å². The standard InChI is InChI=1S/C36H54N2O2.C18H18O10S2.Co/c1-33(2,3)25-17-23(31(39)27(19-25)35(7,8)9)21-37-29-15-13-14-16-30(29)38-22-24-18-26(34(4,5)6)20-28(32(24)40)36(10,11)12;1-11-3-7-13(8-4-11)29(23,24)27-15(17(19)20)16(18(21)22)28-30(25,26)14-9-5-12(2)6-10-14;/h17-22,29-30,39-40H,13-16H2,1-12H3;3-10,15-16H,1-2H3,(H,19,20)(H,21,22);/t29-,30-;15-,16-;/m11./s1. The van der Waals surface area contributed by atoms with Crippen LogP contribution in [-0.4, -0.2) is 85.9 Å². The third-order valence-corrected chi connectivity index (χ3v) is 14.6. The van der Waals surface area contributed by atoms with Crippen LogP contribution in [0.1, 0.15) is 153 Å². The number of rotatable bonds is 13. The van der Waals surface area contributed by atoms with Crippen molar-refractivity contribution in [1.82, 2.24) is 0 Å². The Hall–Kier alpha value is -4.91. The monoisotopic (exact) mass is 1060 g/mol. The van der Waals surface area contributed by atoms with Gasteiger partial charge >= 0.3 is 11.9 Å². The van der Waals surface area contributed by atoms with Crippen molar-refractivity contribution in [3.05, 3.63) is 117 Å². The van der Waals surface area contributed by atoms with Crippen LogP contribution in [0.2, 0.25) is 0 Å². The van der Waals surface area contributed by atoms with E-state index in [9.17, 15) is 46.9 Å². The van der Waals surface area contributed by atoms with E-state index in [2.05, 4.69) is 116 Å². The molecule has 4 atom stereocenters. The van der Waals surface area contributed by atoms with Crippen LogP contribution in [0, 0.1) is 13.8 Å². The molecule has 1 radical (unpaired) electrons. The fraction of sp³-hybridized carbons (Fsp3) is 0.481. The first-order chi connectivity index (χ1) is 32.0. The molecule has 0 saturated heterocycles. The van der Waals surface area contributed by atoms with E-state index in [1.165, 1.54) is 35.4 Å². The Morgan fingerprint density at radius 1 is 0.549 bits per heavy atom. The Labute approximate surface area is 431 Å². The number of hydrogen-bond donors (Lipinski definition) is 4. The van der Waals surface area contributed by atoms with Crippen LogP contribution >= 0.6 is 0 Å². The van der Waals surface area contributed by atoms with E-state index in [0.717, 1.165) is 72.2 Å². The van der Waals surface area contributed by atoms with Gasteiger partial charge in [0.25, 0.3) is 20.2 Å². The van der Waals surface area contributed by atoms with Crippen molar-refractivity contribution >= 4 is 44.6 Å². The molecule has 17 heteroatoms. The number of hydrogen-bond acceptors (Lipinski definition) is 12. The number of aryl methyl sites for hydroxylation is 2. The number of carboxylic acid groups (broad SMARTS) is 2. The number of aliphatic carboxylic acids is 2. The fourth-order valence-electron chi connectivity index (χ4n) is 7.55. The number of phenolic OH excluding ortho intramolecular Hbond substituents is 2. The van der Waals surface area contributed by atoms with Crippen molar-refractivity contribution < 1.29 is 72.0 Å². The molecule has 391 valence electrons. The van der Waals surface area contributed by atoms with E-state index in [1.807, 2.05) is 12.4 Å². The van der Waals surface area contributed by atoms with Crippen molar-refractivity contribution in [1.29, 1.82) is 0 Å². The quantitative estimate of drug-likeness (QED) is 0.0725. The second kappa shape index (κ2) is 23.3. The minimum Gasteiger partial charge on any atom is -0.507 e. The maximum atomic E-state index is 12.4.